The molecule has 4 rings (SSSR count). The van der Waals surface area contributed by atoms with Crippen LogP contribution in [0.4, 0.5) is 0 Å². The van der Waals surface area contributed by atoms with E-state index in [1.807, 2.05) is 22.8 Å². The summed E-state index contributed by atoms with van der Waals surface area (Å²) in [5.41, 5.74) is 2.41. The second-order valence-corrected chi connectivity index (χ2v) is 8.33. The molecule has 160 valence electrons. The van der Waals surface area contributed by atoms with Crippen LogP contribution in [0.1, 0.15) is 19.3 Å². The number of imidazole rings is 1. The van der Waals surface area contributed by atoms with Gasteiger partial charge in [-0.1, -0.05) is 30.2 Å². The molecule has 0 amide bonds. The summed E-state index contributed by atoms with van der Waals surface area (Å²) in [6.07, 6.45) is 3.12. The zero-order valence-corrected chi connectivity index (χ0v) is 17.9. The Labute approximate surface area is 181 Å². The number of hydrogen-bond donors (Lipinski definition) is 2. The van der Waals surface area contributed by atoms with Crippen LogP contribution < -0.4 is 10.4 Å². The normalized spacial score (nSPS) is 16.1. The van der Waals surface area contributed by atoms with Crippen molar-refractivity contribution in [2.75, 3.05) is 26.2 Å². The summed E-state index contributed by atoms with van der Waals surface area (Å²) in [7, 11) is 0. The van der Waals surface area contributed by atoms with Gasteiger partial charge < -0.3 is 23.9 Å². The van der Waals surface area contributed by atoms with E-state index in [4.69, 9.17) is 21.7 Å². The molecule has 1 aliphatic rings. The second-order valence-electron chi connectivity index (χ2n) is 7.90. The summed E-state index contributed by atoms with van der Waals surface area (Å²) in [5, 5.41) is 20.0. The van der Waals surface area contributed by atoms with E-state index >= 15 is 0 Å². The lowest BCUT2D eigenvalue weighted by molar-refractivity contribution is 0.0920. The van der Waals surface area contributed by atoms with E-state index in [9.17, 15) is 5.11 Å². The number of aliphatic hydroxyl groups is 1. The lowest BCUT2D eigenvalue weighted by Gasteiger charge is -2.26. The fourth-order valence-electron chi connectivity index (χ4n) is 4.12. The first-order valence-corrected chi connectivity index (χ1v) is 11.0. The number of likely N-dealkylation sites (tertiary alicyclic amines) is 1. The molecule has 1 saturated heterocycles. The van der Waals surface area contributed by atoms with Gasteiger partial charge in [0, 0.05) is 18.1 Å². The van der Waals surface area contributed by atoms with Crippen molar-refractivity contribution in [2.45, 2.75) is 38.5 Å². The quantitative estimate of drug-likeness (QED) is 0.577. The van der Waals surface area contributed by atoms with Crippen LogP contribution in [0.5, 0.6) is 5.75 Å². The van der Waals surface area contributed by atoms with E-state index in [-0.39, 0.29) is 6.61 Å². The van der Waals surface area contributed by atoms with Gasteiger partial charge in [0.05, 0.1) is 17.6 Å². The van der Waals surface area contributed by atoms with Crippen molar-refractivity contribution in [3.05, 3.63) is 59.2 Å². The average molecular weight is 429 g/mol. The number of nitrogens with zero attached hydrogens (tertiary/aromatic N) is 3. The van der Waals surface area contributed by atoms with E-state index in [1.54, 1.807) is 24.3 Å². The highest BCUT2D eigenvalue weighted by molar-refractivity contribution is 6.30. The molecule has 2 aromatic carbocycles. The number of nitrogens with one attached hydrogen (secondary N) is 1. The molecule has 7 heteroatoms. The molecule has 1 atom stereocenters. The number of rotatable bonds is 8. The molecule has 2 N–H and O–H groups in total. The Morgan fingerprint density at radius 2 is 1.60 bits per heavy atom. The molecule has 1 unspecified atom stereocenters. The van der Waals surface area contributed by atoms with Crippen LogP contribution in [-0.2, 0) is 13.1 Å². The Kier molecular flexibility index (Phi) is 6.77. The van der Waals surface area contributed by atoms with Gasteiger partial charge >= 0.3 is 0 Å². The molecule has 0 radical (unpaired) electrons. The highest BCUT2D eigenvalue weighted by atomic mass is 35.5. The third-order valence-corrected chi connectivity index (χ3v) is 5.96. The standard InChI is InChI=1S/C23H29ClN4O2/c24-18-8-10-20(11-9-18)30-17-19(29)16-28-22-7-3-2-6-21(22)27(23(28)25)15-14-26-12-4-1-5-13-26/h2-3,6-11,19,25,29H,1,4-5,12-17H2. The van der Waals surface area contributed by atoms with Crippen molar-refractivity contribution in [3.63, 3.8) is 0 Å². The summed E-state index contributed by atoms with van der Waals surface area (Å²) in [5.74, 6) is 0.665. The molecule has 6 nitrogen and oxygen atoms in total. The Hall–Kier alpha value is -2.28. The Balaban J connectivity index is 1.47. The second kappa shape index (κ2) is 9.69. The van der Waals surface area contributed by atoms with Gasteiger partial charge in [0.1, 0.15) is 18.5 Å². The average Bonchev–Trinajstić information content (AvgIpc) is 3.03. The maximum Gasteiger partial charge on any atom is 0.203 e. The lowest BCUT2D eigenvalue weighted by Crippen LogP contribution is -2.36. The zero-order valence-electron chi connectivity index (χ0n) is 17.1. The molecular formula is C23H29ClN4O2. The first-order valence-electron chi connectivity index (χ1n) is 10.6. The highest BCUT2D eigenvalue weighted by Gasteiger charge is 2.16. The third kappa shape index (κ3) is 4.89. The fraction of sp³-hybridized carbons (Fsp3) is 0.435. The molecule has 0 saturated carbocycles. The van der Waals surface area contributed by atoms with Gasteiger partial charge in [0.15, 0.2) is 0 Å². The minimum Gasteiger partial charge on any atom is -0.491 e. The SMILES string of the molecule is N=c1n(CCN2CCCCC2)c2ccccc2n1CC(O)COc1ccc(Cl)cc1. The van der Waals surface area contributed by atoms with Crippen molar-refractivity contribution in [1.82, 2.24) is 14.0 Å². The number of piperidine rings is 1. The number of halogens is 1. The summed E-state index contributed by atoms with van der Waals surface area (Å²) in [6.45, 7) is 4.49. The molecule has 30 heavy (non-hydrogen) atoms. The summed E-state index contributed by atoms with van der Waals surface area (Å²) >= 11 is 5.90. The van der Waals surface area contributed by atoms with Gasteiger partial charge in [-0.05, 0) is 62.3 Å². The number of aliphatic hydroxyl groups excluding tert-OH is 1. The van der Waals surface area contributed by atoms with Crippen LogP contribution in [-0.4, -0.2) is 51.5 Å². The number of benzene rings is 2. The largest absolute Gasteiger partial charge is 0.491 e. The number of fused-ring (bicyclic) bond motifs is 1. The first kappa shape index (κ1) is 21.0. The lowest BCUT2D eigenvalue weighted by atomic mass is 10.1. The maximum atomic E-state index is 10.6. The molecule has 2 heterocycles. The molecule has 3 aromatic rings. The number of aromatic nitrogens is 2. The minimum atomic E-state index is -0.726. The molecule has 1 fully saturated rings. The van der Waals surface area contributed by atoms with Crippen molar-refractivity contribution in [3.8, 4) is 5.75 Å². The van der Waals surface area contributed by atoms with Crippen LogP contribution in [0, 0.1) is 5.41 Å². The van der Waals surface area contributed by atoms with Crippen LogP contribution in [0.3, 0.4) is 0 Å². The van der Waals surface area contributed by atoms with Gasteiger partial charge in [-0.15, -0.1) is 0 Å². The van der Waals surface area contributed by atoms with Crippen molar-refractivity contribution in [2.24, 2.45) is 0 Å². The fourth-order valence-corrected chi connectivity index (χ4v) is 4.24. The van der Waals surface area contributed by atoms with E-state index in [1.165, 1.54) is 19.3 Å². The minimum absolute atomic E-state index is 0.154. The van der Waals surface area contributed by atoms with Crippen LogP contribution in [0.15, 0.2) is 48.5 Å². The summed E-state index contributed by atoms with van der Waals surface area (Å²) < 4.78 is 9.61. The van der Waals surface area contributed by atoms with Crippen molar-refractivity contribution in [1.29, 1.82) is 5.41 Å². The molecule has 0 bridgehead atoms. The Morgan fingerprint density at radius 3 is 2.30 bits per heavy atom. The molecule has 0 spiro atoms. The van der Waals surface area contributed by atoms with E-state index in [0.29, 0.717) is 22.9 Å². The Morgan fingerprint density at radius 1 is 0.933 bits per heavy atom. The predicted molar refractivity (Wildman–Crippen MR) is 119 cm³/mol. The van der Waals surface area contributed by atoms with Crippen molar-refractivity contribution >= 4 is 22.6 Å². The Bertz CT molecular complexity index is 1020. The monoisotopic (exact) mass is 428 g/mol. The van der Waals surface area contributed by atoms with E-state index in [2.05, 4.69) is 15.5 Å². The molecule has 0 aliphatic carbocycles. The number of ether oxygens (including phenoxy) is 1. The molecule has 1 aliphatic heterocycles. The first-order chi connectivity index (χ1) is 14.6. The van der Waals surface area contributed by atoms with E-state index in [0.717, 1.165) is 37.2 Å². The maximum absolute atomic E-state index is 10.6. The number of para-hydroxylation sites is 2. The summed E-state index contributed by atoms with van der Waals surface area (Å²) in [6, 6.07) is 15.1. The summed E-state index contributed by atoms with van der Waals surface area (Å²) in [4.78, 5) is 2.48. The molecule has 1 aromatic heterocycles. The van der Waals surface area contributed by atoms with Crippen LogP contribution in [0.2, 0.25) is 5.02 Å². The van der Waals surface area contributed by atoms with Gasteiger partial charge in [0.2, 0.25) is 5.62 Å². The molecular weight excluding hydrogens is 400 g/mol. The van der Waals surface area contributed by atoms with Crippen molar-refractivity contribution < 1.29 is 9.84 Å². The van der Waals surface area contributed by atoms with E-state index < -0.39 is 6.10 Å². The topological polar surface area (TPSA) is 66.4 Å². The predicted octanol–water partition coefficient (Wildman–Crippen LogP) is 3.50. The van der Waals surface area contributed by atoms with Gasteiger partial charge in [0.25, 0.3) is 0 Å². The van der Waals surface area contributed by atoms with Gasteiger partial charge in [-0.2, -0.15) is 0 Å². The zero-order chi connectivity index (χ0) is 20.9. The highest BCUT2D eigenvalue weighted by Crippen LogP contribution is 2.17. The van der Waals surface area contributed by atoms with Crippen LogP contribution in [0.25, 0.3) is 11.0 Å². The van der Waals surface area contributed by atoms with Gasteiger partial charge in [-0.25, -0.2) is 0 Å². The van der Waals surface area contributed by atoms with Crippen LogP contribution >= 0.6 is 11.6 Å². The number of hydrogen-bond acceptors (Lipinski definition) is 4. The smallest absolute Gasteiger partial charge is 0.203 e. The third-order valence-electron chi connectivity index (χ3n) is 5.71. The van der Waals surface area contributed by atoms with Gasteiger partial charge in [-0.3, -0.25) is 5.41 Å².